The zero-order chi connectivity index (χ0) is 12.8. The molecule has 0 spiro atoms. The van der Waals surface area contributed by atoms with E-state index in [-0.39, 0.29) is 0 Å². The second-order valence-corrected chi connectivity index (χ2v) is 28.6. The fraction of sp³-hybridized carbons (Fsp3) is 1.00. The van der Waals surface area contributed by atoms with Gasteiger partial charge in [-0.05, 0) is 25.1 Å². The van der Waals surface area contributed by atoms with Gasteiger partial charge in [0.1, 0.15) is 0 Å². The third kappa shape index (κ3) is 2.89. The van der Waals surface area contributed by atoms with E-state index < -0.39 is 23.5 Å². The van der Waals surface area contributed by atoms with Gasteiger partial charge in [0.05, 0.1) is 7.59 Å². The van der Waals surface area contributed by atoms with E-state index in [0.29, 0.717) is 6.10 Å². The predicted octanol–water partition coefficient (Wildman–Crippen LogP) is 4.50. The van der Waals surface area contributed by atoms with Crippen LogP contribution in [0.4, 0.5) is 0 Å². The van der Waals surface area contributed by atoms with Gasteiger partial charge in [0.25, 0.3) is 0 Å². The van der Waals surface area contributed by atoms with Crippen LogP contribution in [-0.4, -0.2) is 29.6 Å². The van der Waals surface area contributed by atoms with E-state index in [1.54, 1.807) is 0 Å². The average molecular weight is 275 g/mol. The second kappa shape index (κ2) is 4.37. The molecule has 1 aliphatic heterocycles. The third-order valence-corrected chi connectivity index (χ3v) is 24.7. The van der Waals surface area contributed by atoms with Gasteiger partial charge in [-0.25, -0.2) is 0 Å². The van der Waals surface area contributed by atoms with Crippen molar-refractivity contribution in [3.05, 3.63) is 0 Å². The lowest BCUT2D eigenvalue weighted by Crippen LogP contribution is -2.62. The van der Waals surface area contributed by atoms with Gasteiger partial charge in [-0.3, -0.25) is 0 Å². The summed E-state index contributed by atoms with van der Waals surface area (Å²) in [7, 11) is -3.44. The summed E-state index contributed by atoms with van der Waals surface area (Å²) in [6, 6.07) is 1.49. The fourth-order valence-electron chi connectivity index (χ4n) is 2.31. The van der Waals surface area contributed by atoms with Gasteiger partial charge in [0, 0.05) is 14.2 Å². The van der Waals surface area contributed by atoms with E-state index in [9.17, 15) is 0 Å². The molecule has 0 saturated carbocycles. The van der Waals surface area contributed by atoms with Crippen molar-refractivity contribution in [3.63, 3.8) is 0 Å². The average Bonchev–Trinajstić information content (AvgIpc) is 2.07. The Bertz CT molecular complexity index is 255. The molecule has 0 aromatic heterocycles. The highest BCUT2D eigenvalue weighted by Gasteiger charge is 2.49. The minimum absolute atomic E-state index is 0.578. The molecular weight excluding hydrogens is 244 g/mol. The lowest BCUT2D eigenvalue weighted by atomic mass is 10.2. The number of hydrogen-bond acceptors (Lipinski definition) is 1. The molecule has 0 radical (unpaired) electrons. The standard InChI is InChI=1S/C12H30OSi3/c1-11(14(2,3)4)12-9-10-15(5,6)16(7,8)13-12/h11-12H,9-10H2,1-8H3. The maximum atomic E-state index is 6.61. The number of hydrogen-bond donors (Lipinski definition) is 0. The van der Waals surface area contributed by atoms with Gasteiger partial charge in [0.2, 0.25) is 0 Å². The van der Waals surface area contributed by atoms with Crippen LogP contribution < -0.4 is 0 Å². The van der Waals surface area contributed by atoms with Crippen LogP contribution >= 0.6 is 0 Å². The van der Waals surface area contributed by atoms with Crippen molar-refractivity contribution in [1.82, 2.24) is 0 Å². The monoisotopic (exact) mass is 274 g/mol. The third-order valence-electron chi connectivity index (χ3n) is 5.05. The van der Waals surface area contributed by atoms with Crippen LogP contribution in [0.2, 0.25) is 57.4 Å². The first kappa shape index (κ1) is 14.7. The smallest absolute Gasteiger partial charge is 0.174 e. The van der Waals surface area contributed by atoms with Crippen LogP contribution in [0.3, 0.4) is 0 Å². The van der Waals surface area contributed by atoms with Crippen LogP contribution in [0.1, 0.15) is 13.3 Å². The Morgan fingerprint density at radius 2 is 1.62 bits per heavy atom. The van der Waals surface area contributed by atoms with Gasteiger partial charge in [-0.1, -0.05) is 45.7 Å². The summed E-state index contributed by atoms with van der Waals surface area (Å²) in [4.78, 5) is 0. The lowest BCUT2D eigenvalue weighted by molar-refractivity contribution is 0.179. The van der Waals surface area contributed by atoms with Gasteiger partial charge in [0.15, 0.2) is 7.83 Å². The molecule has 96 valence electrons. The minimum atomic E-state index is -1.36. The molecule has 1 saturated heterocycles. The molecule has 1 aliphatic rings. The van der Waals surface area contributed by atoms with Crippen molar-refractivity contribution in [2.75, 3.05) is 0 Å². The fourth-order valence-corrected chi connectivity index (χ4v) is 10.5. The van der Waals surface area contributed by atoms with Crippen molar-refractivity contribution < 1.29 is 4.43 Å². The quantitative estimate of drug-likeness (QED) is 0.674. The Morgan fingerprint density at radius 1 is 1.12 bits per heavy atom. The molecule has 0 aromatic rings. The Labute approximate surface area is 105 Å². The molecule has 2 unspecified atom stereocenters. The Kier molecular flexibility index (Phi) is 4.01. The van der Waals surface area contributed by atoms with Crippen LogP contribution in [0.15, 0.2) is 0 Å². The van der Waals surface area contributed by atoms with E-state index in [0.717, 1.165) is 5.54 Å². The topological polar surface area (TPSA) is 9.23 Å². The summed E-state index contributed by atoms with van der Waals surface area (Å²) in [6.07, 6.45) is 1.91. The Morgan fingerprint density at radius 3 is 2.00 bits per heavy atom. The van der Waals surface area contributed by atoms with Crippen molar-refractivity contribution >= 4 is 23.5 Å². The van der Waals surface area contributed by atoms with E-state index in [4.69, 9.17) is 4.43 Å². The molecule has 1 fully saturated rings. The molecule has 1 heterocycles. The lowest BCUT2D eigenvalue weighted by Gasteiger charge is -2.49. The highest BCUT2D eigenvalue weighted by atomic mass is 29.3. The van der Waals surface area contributed by atoms with Gasteiger partial charge >= 0.3 is 0 Å². The molecule has 4 heteroatoms. The van der Waals surface area contributed by atoms with Crippen LogP contribution in [0, 0.1) is 0 Å². The molecule has 2 atom stereocenters. The molecule has 1 nitrogen and oxygen atoms in total. The van der Waals surface area contributed by atoms with Crippen LogP contribution in [-0.2, 0) is 4.43 Å². The summed E-state index contributed by atoms with van der Waals surface area (Å²) in [5.74, 6) is 0. The molecule has 1 rings (SSSR count). The minimum Gasteiger partial charge on any atom is -0.417 e. The molecule has 16 heavy (non-hydrogen) atoms. The highest BCUT2D eigenvalue weighted by Crippen LogP contribution is 2.40. The first-order valence-electron chi connectivity index (χ1n) is 6.65. The summed E-state index contributed by atoms with van der Waals surface area (Å²) in [6.45, 7) is 19.9. The zero-order valence-electron chi connectivity index (χ0n) is 12.5. The van der Waals surface area contributed by atoms with Crippen LogP contribution in [0.5, 0.6) is 0 Å². The molecule has 0 amide bonds. The Balaban J connectivity index is 2.77. The SMILES string of the molecule is CC(C1CC[Si](C)(C)[Si](C)(C)O1)[Si](C)(C)C. The normalized spacial score (nSPS) is 31.1. The van der Waals surface area contributed by atoms with E-state index in [2.05, 4.69) is 52.8 Å². The van der Waals surface area contributed by atoms with E-state index in [1.807, 2.05) is 0 Å². The summed E-state index contributed by atoms with van der Waals surface area (Å²) in [5.41, 5.74) is 0.810. The van der Waals surface area contributed by atoms with Gasteiger partial charge in [-0.15, -0.1) is 0 Å². The van der Waals surface area contributed by atoms with Crippen LogP contribution in [0.25, 0.3) is 0 Å². The van der Waals surface area contributed by atoms with E-state index in [1.165, 1.54) is 12.5 Å². The summed E-state index contributed by atoms with van der Waals surface area (Å²) < 4.78 is 6.61. The molecule has 0 N–H and O–H groups in total. The van der Waals surface area contributed by atoms with Crippen molar-refractivity contribution in [3.8, 4) is 0 Å². The summed E-state index contributed by atoms with van der Waals surface area (Å²) >= 11 is 0. The maximum Gasteiger partial charge on any atom is 0.174 e. The van der Waals surface area contributed by atoms with Gasteiger partial charge < -0.3 is 4.43 Å². The van der Waals surface area contributed by atoms with Gasteiger partial charge in [-0.2, -0.15) is 0 Å². The van der Waals surface area contributed by atoms with Crippen molar-refractivity contribution in [2.45, 2.75) is 76.9 Å². The highest BCUT2D eigenvalue weighted by molar-refractivity contribution is 7.38. The Hall–Kier alpha value is 0.611. The van der Waals surface area contributed by atoms with E-state index >= 15 is 0 Å². The molecular formula is C12H30OSi3. The zero-order valence-corrected chi connectivity index (χ0v) is 15.5. The number of rotatable bonds is 2. The largest absolute Gasteiger partial charge is 0.417 e. The predicted molar refractivity (Wildman–Crippen MR) is 82.0 cm³/mol. The maximum absolute atomic E-state index is 6.61. The summed E-state index contributed by atoms with van der Waals surface area (Å²) in [5, 5.41) is 0. The molecule has 0 aromatic carbocycles. The first-order chi connectivity index (χ1) is 6.97. The van der Waals surface area contributed by atoms with Crippen molar-refractivity contribution in [2.24, 2.45) is 0 Å². The van der Waals surface area contributed by atoms with Crippen molar-refractivity contribution in [1.29, 1.82) is 0 Å². The second-order valence-electron chi connectivity index (χ2n) is 7.74. The molecule has 0 aliphatic carbocycles. The molecule has 0 bridgehead atoms. The first-order valence-corrected chi connectivity index (χ1v) is 17.3.